The zero-order chi connectivity index (χ0) is 19.5. The number of nitro groups is 1. The van der Waals surface area contributed by atoms with Crippen molar-refractivity contribution in [3.63, 3.8) is 0 Å². The molecule has 1 N–H and O–H groups in total. The molecule has 0 unspecified atom stereocenters. The van der Waals surface area contributed by atoms with Gasteiger partial charge in [-0.2, -0.15) is 0 Å². The summed E-state index contributed by atoms with van der Waals surface area (Å²) < 4.78 is 0. The lowest BCUT2D eigenvalue weighted by atomic mass is 10.1. The highest BCUT2D eigenvalue weighted by molar-refractivity contribution is 6.04. The molecular weight excluding hydrogens is 354 g/mol. The number of nitro benzene ring substituents is 1. The lowest BCUT2D eigenvalue weighted by Gasteiger charge is -2.19. The second-order valence-corrected chi connectivity index (χ2v) is 6.76. The number of benzene rings is 3. The molecule has 6 heteroatoms. The number of carbonyl (C=O) groups excluding carboxylic acids is 1. The minimum atomic E-state index is -0.485. The first kappa shape index (κ1) is 17.7. The molecule has 0 saturated heterocycles. The molecule has 3 aromatic carbocycles. The topological polar surface area (TPSA) is 75.5 Å². The summed E-state index contributed by atoms with van der Waals surface area (Å²) in [7, 11) is 0. The van der Waals surface area contributed by atoms with Crippen LogP contribution in [0.2, 0.25) is 0 Å². The molecule has 28 heavy (non-hydrogen) atoms. The van der Waals surface area contributed by atoms with E-state index in [9.17, 15) is 14.9 Å². The van der Waals surface area contributed by atoms with Crippen molar-refractivity contribution >= 4 is 23.0 Å². The van der Waals surface area contributed by atoms with E-state index in [1.807, 2.05) is 12.1 Å². The minimum Gasteiger partial charge on any atom is -0.367 e. The maximum atomic E-state index is 12.4. The van der Waals surface area contributed by atoms with Gasteiger partial charge in [-0.3, -0.25) is 14.9 Å². The van der Waals surface area contributed by atoms with Gasteiger partial charge in [0.25, 0.3) is 11.6 Å². The van der Waals surface area contributed by atoms with Gasteiger partial charge >= 0.3 is 0 Å². The number of nitrogens with zero attached hydrogens (tertiary/aromatic N) is 2. The third-order valence-corrected chi connectivity index (χ3v) is 4.89. The Morgan fingerprint density at radius 2 is 1.82 bits per heavy atom. The lowest BCUT2D eigenvalue weighted by Crippen LogP contribution is -2.19. The molecule has 0 aromatic heterocycles. The van der Waals surface area contributed by atoms with Gasteiger partial charge in [0.1, 0.15) is 0 Å². The number of nitrogens with one attached hydrogen (secondary N) is 1. The third-order valence-electron chi connectivity index (χ3n) is 4.89. The van der Waals surface area contributed by atoms with Crippen LogP contribution in [0.3, 0.4) is 0 Å². The molecule has 1 aliphatic heterocycles. The molecule has 4 rings (SSSR count). The van der Waals surface area contributed by atoms with Crippen LogP contribution in [0.1, 0.15) is 21.5 Å². The van der Waals surface area contributed by atoms with Gasteiger partial charge < -0.3 is 10.2 Å². The molecule has 6 nitrogen and oxygen atoms in total. The van der Waals surface area contributed by atoms with Crippen LogP contribution in [0, 0.1) is 10.1 Å². The summed E-state index contributed by atoms with van der Waals surface area (Å²) in [6.45, 7) is 1.79. The molecule has 1 heterocycles. The number of anilines is 2. The predicted octanol–water partition coefficient (Wildman–Crippen LogP) is 4.41. The molecule has 0 saturated carbocycles. The van der Waals surface area contributed by atoms with Gasteiger partial charge in [0.2, 0.25) is 0 Å². The molecule has 1 aliphatic rings. The number of hydrogen-bond donors (Lipinski definition) is 1. The first-order valence-corrected chi connectivity index (χ1v) is 9.08. The van der Waals surface area contributed by atoms with Gasteiger partial charge in [-0.1, -0.05) is 36.4 Å². The molecule has 0 fully saturated rings. The molecule has 0 aliphatic carbocycles. The Labute approximate surface area is 162 Å². The fourth-order valence-corrected chi connectivity index (χ4v) is 3.45. The van der Waals surface area contributed by atoms with Gasteiger partial charge in [-0.15, -0.1) is 0 Å². The maximum absolute atomic E-state index is 12.4. The van der Waals surface area contributed by atoms with Crippen LogP contribution in [0.4, 0.5) is 17.1 Å². The molecule has 0 atom stereocenters. The average molecular weight is 373 g/mol. The van der Waals surface area contributed by atoms with Crippen LogP contribution in [0.5, 0.6) is 0 Å². The number of rotatable bonds is 5. The molecular formula is C22H19N3O3. The highest BCUT2D eigenvalue weighted by Gasteiger charge is 2.18. The van der Waals surface area contributed by atoms with E-state index >= 15 is 0 Å². The third kappa shape index (κ3) is 3.71. The summed E-state index contributed by atoms with van der Waals surface area (Å²) in [5.41, 5.74) is 4.63. The van der Waals surface area contributed by atoms with Crippen LogP contribution in [0.15, 0.2) is 72.8 Å². The van der Waals surface area contributed by atoms with Crippen molar-refractivity contribution in [2.75, 3.05) is 16.8 Å². The smallest absolute Gasteiger partial charge is 0.271 e. The van der Waals surface area contributed by atoms with E-state index in [0.717, 1.165) is 25.1 Å². The van der Waals surface area contributed by atoms with Crippen molar-refractivity contribution in [2.24, 2.45) is 0 Å². The van der Waals surface area contributed by atoms with Crippen LogP contribution < -0.4 is 10.2 Å². The molecule has 3 aromatic rings. The van der Waals surface area contributed by atoms with Crippen LogP contribution in [-0.4, -0.2) is 17.4 Å². The molecule has 0 spiro atoms. The largest absolute Gasteiger partial charge is 0.367 e. The number of hydrogen-bond acceptors (Lipinski definition) is 4. The number of non-ortho nitro benzene ring substituents is 1. The Kier molecular flexibility index (Phi) is 4.76. The number of para-hydroxylation sites is 1. The number of amides is 1. The van der Waals surface area contributed by atoms with Gasteiger partial charge in [0.15, 0.2) is 0 Å². The normalized spacial score (nSPS) is 12.5. The first-order chi connectivity index (χ1) is 13.6. The monoisotopic (exact) mass is 373 g/mol. The fraction of sp³-hybridized carbons (Fsp3) is 0.136. The van der Waals surface area contributed by atoms with E-state index in [0.29, 0.717) is 11.3 Å². The highest BCUT2D eigenvalue weighted by atomic mass is 16.6. The number of fused-ring (bicyclic) bond motifs is 1. The second-order valence-electron chi connectivity index (χ2n) is 6.76. The van der Waals surface area contributed by atoms with Gasteiger partial charge in [-0.05, 0) is 41.8 Å². The summed E-state index contributed by atoms with van der Waals surface area (Å²) in [4.78, 5) is 25.1. The summed E-state index contributed by atoms with van der Waals surface area (Å²) in [5.74, 6) is -0.293. The van der Waals surface area contributed by atoms with Crippen molar-refractivity contribution in [2.45, 2.75) is 13.0 Å². The highest BCUT2D eigenvalue weighted by Crippen LogP contribution is 2.28. The molecule has 0 bridgehead atoms. The van der Waals surface area contributed by atoms with E-state index in [1.54, 1.807) is 24.3 Å². The Bertz CT molecular complexity index is 1030. The zero-order valence-corrected chi connectivity index (χ0v) is 15.2. The van der Waals surface area contributed by atoms with E-state index in [2.05, 4.69) is 34.5 Å². The van der Waals surface area contributed by atoms with Crippen molar-refractivity contribution in [1.29, 1.82) is 0 Å². The minimum absolute atomic E-state index is 0.0564. The quantitative estimate of drug-likeness (QED) is 0.531. The first-order valence-electron chi connectivity index (χ1n) is 9.08. The standard InChI is InChI=1S/C22H19N3O3/c26-22(23-19-5-3-6-20(14-19)25(27)28)18-10-8-16(9-11-18)15-24-13-12-17-4-1-2-7-21(17)24/h1-11,14H,12-13,15H2,(H,23,26). The summed E-state index contributed by atoms with van der Waals surface area (Å²) >= 11 is 0. The van der Waals surface area contributed by atoms with Crippen molar-refractivity contribution in [3.05, 3.63) is 99.6 Å². The summed E-state index contributed by atoms with van der Waals surface area (Å²) in [6, 6.07) is 21.8. The van der Waals surface area contributed by atoms with Gasteiger partial charge in [-0.25, -0.2) is 0 Å². The van der Waals surface area contributed by atoms with E-state index < -0.39 is 4.92 Å². The lowest BCUT2D eigenvalue weighted by molar-refractivity contribution is -0.384. The van der Waals surface area contributed by atoms with Crippen LogP contribution in [-0.2, 0) is 13.0 Å². The fourth-order valence-electron chi connectivity index (χ4n) is 3.45. The predicted molar refractivity (Wildman–Crippen MR) is 109 cm³/mol. The van der Waals surface area contributed by atoms with Crippen LogP contribution >= 0.6 is 0 Å². The SMILES string of the molecule is O=C(Nc1cccc([N+](=O)[O-])c1)c1ccc(CN2CCc3ccccc32)cc1. The molecule has 140 valence electrons. The molecule has 0 radical (unpaired) electrons. The van der Waals surface area contributed by atoms with Gasteiger partial charge in [0.05, 0.1) is 4.92 Å². The number of carbonyl (C=O) groups is 1. The summed E-state index contributed by atoms with van der Waals surface area (Å²) in [6.07, 6.45) is 1.06. The van der Waals surface area contributed by atoms with Gasteiger partial charge in [0, 0.05) is 42.2 Å². The molecule has 1 amide bonds. The maximum Gasteiger partial charge on any atom is 0.271 e. The van der Waals surface area contributed by atoms with E-state index in [1.165, 1.54) is 23.4 Å². The van der Waals surface area contributed by atoms with Crippen molar-refractivity contribution in [3.8, 4) is 0 Å². The summed E-state index contributed by atoms with van der Waals surface area (Å²) in [5, 5.41) is 13.6. The Morgan fingerprint density at radius 1 is 1.04 bits per heavy atom. The zero-order valence-electron chi connectivity index (χ0n) is 15.2. The van der Waals surface area contributed by atoms with Crippen molar-refractivity contribution < 1.29 is 9.72 Å². The van der Waals surface area contributed by atoms with Crippen molar-refractivity contribution in [1.82, 2.24) is 0 Å². The second kappa shape index (κ2) is 7.52. The van der Waals surface area contributed by atoms with E-state index in [4.69, 9.17) is 0 Å². The average Bonchev–Trinajstić information content (AvgIpc) is 3.12. The van der Waals surface area contributed by atoms with E-state index in [-0.39, 0.29) is 11.6 Å². The van der Waals surface area contributed by atoms with Crippen LogP contribution in [0.25, 0.3) is 0 Å². The Morgan fingerprint density at radius 3 is 2.61 bits per heavy atom. The Balaban J connectivity index is 1.43. The Hall–Kier alpha value is -3.67.